The first-order valence-electron chi connectivity index (χ1n) is 8.75. The summed E-state index contributed by atoms with van der Waals surface area (Å²) >= 11 is 0. The van der Waals surface area contributed by atoms with Gasteiger partial charge in [0.1, 0.15) is 0 Å². The summed E-state index contributed by atoms with van der Waals surface area (Å²) in [5.41, 5.74) is 6.19. The Morgan fingerprint density at radius 1 is 1.20 bits per heavy atom. The van der Waals surface area contributed by atoms with E-state index >= 15 is 0 Å². The van der Waals surface area contributed by atoms with E-state index < -0.39 is 16.1 Å². The number of nitrogens with two attached hydrogens (primary N) is 1. The van der Waals surface area contributed by atoms with Crippen molar-refractivity contribution in [3.8, 4) is 0 Å². The van der Waals surface area contributed by atoms with Gasteiger partial charge in [-0.25, -0.2) is 8.42 Å². The van der Waals surface area contributed by atoms with Gasteiger partial charge in [-0.15, -0.1) is 0 Å². The van der Waals surface area contributed by atoms with E-state index in [1.807, 2.05) is 20.8 Å². The number of nitrogens with zero attached hydrogens (tertiary/aromatic N) is 1. The van der Waals surface area contributed by atoms with E-state index in [9.17, 15) is 13.2 Å². The van der Waals surface area contributed by atoms with Gasteiger partial charge in [-0.2, -0.15) is 4.31 Å². The summed E-state index contributed by atoms with van der Waals surface area (Å²) in [4.78, 5) is 12.5. The van der Waals surface area contributed by atoms with Crippen LogP contribution in [0.2, 0.25) is 0 Å². The van der Waals surface area contributed by atoms with Crippen LogP contribution in [-0.4, -0.2) is 37.8 Å². The van der Waals surface area contributed by atoms with Crippen LogP contribution in [0.15, 0.2) is 29.2 Å². The topological polar surface area (TPSA) is 92.5 Å². The molecular formula is C18H29N3O3S. The summed E-state index contributed by atoms with van der Waals surface area (Å²) in [6, 6.07) is 6.18. The fourth-order valence-corrected chi connectivity index (χ4v) is 4.57. The van der Waals surface area contributed by atoms with Crippen LogP contribution < -0.4 is 11.1 Å². The molecule has 0 spiro atoms. The van der Waals surface area contributed by atoms with Crippen LogP contribution in [0.5, 0.6) is 0 Å². The highest BCUT2D eigenvalue weighted by atomic mass is 32.2. The molecule has 0 saturated carbocycles. The smallest absolute Gasteiger partial charge is 0.243 e. The highest BCUT2D eigenvalue weighted by Gasteiger charge is 2.29. The van der Waals surface area contributed by atoms with Crippen molar-refractivity contribution in [2.45, 2.75) is 57.5 Å². The van der Waals surface area contributed by atoms with Gasteiger partial charge in [-0.3, -0.25) is 4.79 Å². The zero-order valence-corrected chi connectivity index (χ0v) is 16.1. The molecule has 0 aromatic heterocycles. The van der Waals surface area contributed by atoms with Gasteiger partial charge in [0.25, 0.3) is 0 Å². The average Bonchev–Trinajstić information content (AvgIpc) is 2.59. The van der Waals surface area contributed by atoms with Crippen LogP contribution in [0.1, 0.15) is 45.6 Å². The first-order valence-corrected chi connectivity index (χ1v) is 10.2. The van der Waals surface area contributed by atoms with Crippen molar-refractivity contribution in [3.05, 3.63) is 29.8 Å². The number of hydrogen-bond acceptors (Lipinski definition) is 4. The Bertz CT molecular complexity index is 705. The molecule has 3 N–H and O–H groups in total. The molecule has 1 heterocycles. The second kappa shape index (κ2) is 7.85. The number of rotatable bonds is 5. The second-order valence-electron chi connectivity index (χ2n) is 7.63. The lowest BCUT2D eigenvalue weighted by molar-refractivity contribution is -0.124. The van der Waals surface area contributed by atoms with Gasteiger partial charge in [0.15, 0.2) is 0 Å². The Hall–Kier alpha value is -1.44. The number of amides is 1. The zero-order chi connectivity index (χ0) is 18.7. The molecule has 6 nitrogen and oxygen atoms in total. The lowest BCUT2D eigenvalue weighted by Crippen LogP contribution is -2.48. The number of hydrogen-bond donors (Lipinski definition) is 2. The van der Waals surface area contributed by atoms with Crippen LogP contribution in [0, 0.1) is 5.41 Å². The van der Waals surface area contributed by atoms with Crippen LogP contribution in [-0.2, 0) is 21.4 Å². The SMILES string of the molecule is CC(C)(C)[C@H](N)C(=O)NCc1ccccc1S(=O)(=O)N1CCCCC1. The molecule has 25 heavy (non-hydrogen) atoms. The molecule has 1 aliphatic rings. The Morgan fingerprint density at radius 3 is 2.40 bits per heavy atom. The van der Waals surface area contributed by atoms with Gasteiger partial charge < -0.3 is 11.1 Å². The highest BCUT2D eigenvalue weighted by Crippen LogP contribution is 2.24. The third-order valence-electron chi connectivity index (χ3n) is 4.57. The molecule has 7 heteroatoms. The Labute approximate surface area is 150 Å². The normalized spacial score (nSPS) is 17.9. The van der Waals surface area contributed by atoms with E-state index in [0.29, 0.717) is 18.7 Å². The molecule has 1 aliphatic heterocycles. The molecule has 140 valence electrons. The van der Waals surface area contributed by atoms with Crippen molar-refractivity contribution in [2.24, 2.45) is 11.1 Å². The highest BCUT2D eigenvalue weighted by molar-refractivity contribution is 7.89. The van der Waals surface area contributed by atoms with E-state index in [-0.39, 0.29) is 22.8 Å². The van der Waals surface area contributed by atoms with Gasteiger partial charge in [0.05, 0.1) is 10.9 Å². The van der Waals surface area contributed by atoms with Gasteiger partial charge in [0.2, 0.25) is 15.9 Å². The van der Waals surface area contributed by atoms with Gasteiger partial charge in [-0.1, -0.05) is 45.4 Å². The van der Waals surface area contributed by atoms with Gasteiger partial charge in [0, 0.05) is 19.6 Å². The van der Waals surface area contributed by atoms with E-state index in [2.05, 4.69) is 5.32 Å². The Kier molecular flexibility index (Phi) is 6.24. The quantitative estimate of drug-likeness (QED) is 0.831. The summed E-state index contributed by atoms with van der Waals surface area (Å²) in [6.07, 6.45) is 2.84. The molecule has 2 rings (SSSR count). The molecule has 1 amide bonds. The predicted molar refractivity (Wildman–Crippen MR) is 98.3 cm³/mol. The minimum absolute atomic E-state index is 0.145. The van der Waals surface area contributed by atoms with Crippen molar-refractivity contribution < 1.29 is 13.2 Å². The number of carbonyl (C=O) groups excluding carboxylic acids is 1. The third-order valence-corrected chi connectivity index (χ3v) is 6.57. The van der Waals surface area contributed by atoms with E-state index in [0.717, 1.165) is 19.3 Å². The summed E-state index contributed by atoms with van der Waals surface area (Å²) in [7, 11) is -3.54. The lowest BCUT2D eigenvalue weighted by atomic mass is 9.87. The third kappa shape index (κ3) is 4.80. The second-order valence-corrected chi connectivity index (χ2v) is 9.54. The first kappa shape index (κ1) is 19.9. The zero-order valence-electron chi connectivity index (χ0n) is 15.3. The van der Waals surface area contributed by atoms with Crippen LogP contribution in [0.25, 0.3) is 0 Å². The largest absolute Gasteiger partial charge is 0.351 e. The molecule has 0 bridgehead atoms. The number of nitrogens with one attached hydrogen (secondary N) is 1. The van der Waals surface area contributed by atoms with Crippen LogP contribution in [0.3, 0.4) is 0 Å². The van der Waals surface area contributed by atoms with Crippen molar-refractivity contribution >= 4 is 15.9 Å². The number of benzene rings is 1. The van der Waals surface area contributed by atoms with Crippen molar-refractivity contribution in [3.63, 3.8) is 0 Å². The van der Waals surface area contributed by atoms with E-state index in [1.165, 1.54) is 4.31 Å². The maximum Gasteiger partial charge on any atom is 0.243 e. The summed E-state index contributed by atoms with van der Waals surface area (Å²) in [5, 5.41) is 2.77. The lowest BCUT2D eigenvalue weighted by Gasteiger charge is -2.27. The summed E-state index contributed by atoms with van der Waals surface area (Å²) < 4.78 is 27.4. The van der Waals surface area contributed by atoms with E-state index in [4.69, 9.17) is 5.73 Å². The molecule has 0 unspecified atom stereocenters. The standard InChI is InChI=1S/C18H29N3O3S/c1-18(2,3)16(19)17(22)20-13-14-9-5-6-10-15(14)25(23,24)21-11-7-4-8-12-21/h5-6,9-10,16H,4,7-8,11-13,19H2,1-3H3,(H,20,22)/t16-/m1/s1. The van der Waals surface area contributed by atoms with Crippen LogP contribution >= 0.6 is 0 Å². The van der Waals surface area contributed by atoms with Gasteiger partial charge >= 0.3 is 0 Å². The maximum atomic E-state index is 12.9. The molecule has 1 aromatic carbocycles. The predicted octanol–water partition coefficient (Wildman–Crippen LogP) is 1.85. The molecule has 1 aromatic rings. The fraction of sp³-hybridized carbons (Fsp3) is 0.611. The van der Waals surface area contributed by atoms with E-state index in [1.54, 1.807) is 24.3 Å². The average molecular weight is 368 g/mol. The Balaban J connectivity index is 2.17. The minimum Gasteiger partial charge on any atom is -0.351 e. The molecule has 0 radical (unpaired) electrons. The number of piperidine rings is 1. The fourth-order valence-electron chi connectivity index (χ4n) is 2.83. The van der Waals surface area contributed by atoms with Crippen molar-refractivity contribution in [2.75, 3.05) is 13.1 Å². The molecular weight excluding hydrogens is 338 g/mol. The molecule has 1 saturated heterocycles. The molecule has 0 aliphatic carbocycles. The number of sulfonamides is 1. The maximum absolute atomic E-state index is 12.9. The monoisotopic (exact) mass is 367 g/mol. The van der Waals surface area contributed by atoms with Crippen molar-refractivity contribution in [1.29, 1.82) is 0 Å². The minimum atomic E-state index is -3.54. The Morgan fingerprint density at radius 2 is 1.80 bits per heavy atom. The summed E-state index contributed by atoms with van der Waals surface area (Å²) in [6.45, 7) is 6.94. The summed E-state index contributed by atoms with van der Waals surface area (Å²) in [5.74, 6) is -0.280. The molecule has 1 atom stereocenters. The first-order chi connectivity index (χ1) is 11.6. The molecule has 1 fully saturated rings. The van der Waals surface area contributed by atoms with Gasteiger partial charge in [-0.05, 0) is 29.9 Å². The van der Waals surface area contributed by atoms with Crippen LogP contribution in [0.4, 0.5) is 0 Å². The number of carbonyl (C=O) groups is 1. The van der Waals surface area contributed by atoms with Crippen molar-refractivity contribution in [1.82, 2.24) is 9.62 Å².